The Kier molecular flexibility index (Phi) is 6.54. The number of hydrogen-bond acceptors (Lipinski definition) is 0. The van der Waals surface area contributed by atoms with Crippen LogP contribution in [0.15, 0.2) is 164 Å². The van der Waals surface area contributed by atoms with Gasteiger partial charge in [-0.15, -0.1) is 0 Å². The highest BCUT2D eigenvalue weighted by Gasteiger charge is 2.26. The topological polar surface area (TPSA) is 9.86 Å². The predicted octanol–water partition coefficient (Wildman–Crippen LogP) is 12.6. The van der Waals surface area contributed by atoms with Gasteiger partial charge in [-0.3, -0.25) is 0 Å². The number of nitrogens with zero attached hydrogens (tertiary/aromatic N) is 2. The predicted molar refractivity (Wildman–Crippen MR) is 219 cm³/mol. The Labute approximate surface area is 303 Å². The zero-order chi connectivity index (χ0) is 34.2. The summed E-state index contributed by atoms with van der Waals surface area (Å²) in [5, 5.41) is 3.99. The number of fused-ring (bicyclic) bond motifs is 9. The van der Waals surface area contributed by atoms with Crippen molar-refractivity contribution in [2.24, 2.45) is 0 Å². The van der Waals surface area contributed by atoms with E-state index in [-0.39, 0.29) is 0 Å². The third-order valence-corrected chi connectivity index (χ3v) is 11.5. The molecular formula is C50H36N2. The van der Waals surface area contributed by atoms with E-state index < -0.39 is 0 Å². The SMILES string of the molecule is C1=C(c2ccccc2)CCc2c1c1cc3c(cc1n2-c1ccccc1)-c1cc2c(cc1CC3)c1cc(-c3ccccc3)ccc1n2-c1ccccc1. The van der Waals surface area contributed by atoms with Crippen molar-refractivity contribution in [1.82, 2.24) is 9.13 Å². The number of allylic oxidation sites excluding steroid dienone is 1. The number of rotatable bonds is 4. The van der Waals surface area contributed by atoms with E-state index >= 15 is 0 Å². The summed E-state index contributed by atoms with van der Waals surface area (Å²) in [6.45, 7) is 0. The summed E-state index contributed by atoms with van der Waals surface area (Å²) in [4.78, 5) is 0. The molecule has 52 heavy (non-hydrogen) atoms. The van der Waals surface area contributed by atoms with E-state index in [4.69, 9.17) is 0 Å². The Morgan fingerprint density at radius 2 is 0.904 bits per heavy atom. The van der Waals surface area contributed by atoms with Gasteiger partial charge in [0.1, 0.15) is 0 Å². The molecule has 0 N–H and O–H groups in total. The molecule has 0 bridgehead atoms. The van der Waals surface area contributed by atoms with Crippen molar-refractivity contribution >= 4 is 44.4 Å². The fraction of sp³-hybridized carbons (Fsp3) is 0.0800. The van der Waals surface area contributed by atoms with Gasteiger partial charge in [-0.1, -0.05) is 103 Å². The first-order valence-corrected chi connectivity index (χ1v) is 18.5. The second kappa shape index (κ2) is 11.6. The van der Waals surface area contributed by atoms with Gasteiger partial charge in [0.25, 0.3) is 0 Å². The fourth-order valence-electron chi connectivity index (χ4n) is 9.07. The van der Waals surface area contributed by atoms with Gasteiger partial charge in [-0.2, -0.15) is 0 Å². The number of aryl methyl sites for hydroxylation is 2. The Morgan fingerprint density at radius 1 is 0.365 bits per heavy atom. The van der Waals surface area contributed by atoms with Gasteiger partial charge in [0.15, 0.2) is 0 Å². The number of aromatic nitrogens is 2. The molecule has 11 rings (SSSR count). The Bertz CT molecular complexity index is 2860. The maximum Gasteiger partial charge on any atom is 0.0547 e. The molecule has 0 unspecified atom stereocenters. The van der Waals surface area contributed by atoms with Crippen molar-refractivity contribution in [3.63, 3.8) is 0 Å². The Balaban J connectivity index is 1.16. The van der Waals surface area contributed by atoms with E-state index in [1.165, 1.54) is 99.9 Å². The van der Waals surface area contributed by atoms with Crippen LogP contribution in [0.25, 0.3) is 78.0 Å². The van der Waals surface area contributed by atoms with E-state index in [1.807, 2.05) is 0 Å². The third kappa shape index (κ3) is 4.50. The average molecular weight is 665 g/mol. The van der Waals surface area contributed by atoms with Crippen LogP contribution in [0, 0.1) is 0 Å². The van der Waals surface area contributed by atoms with Crippen LogP contribution >= 0.6 is 0 Å². The van der Waals surface area contributed by atoms with Crippen LogP contribution in [0.3, 0.4) is 0 Å². The van der Waals surface area contributed by atoms with E-state index in [1.54, 1.807) is 0 Å². The van der Waals surface area contributed by atoms with Crippen LogP contribution < -0.4 is 0 Å². The largest absolute Gasteiger partial charge is 0.313 e. The normalized spacial score (nSPS) is 13.6. The lowest BCUT2D eigenvalue weighted by molar-refractivity contribution is 0.897. The van der Waals surface area contributed by atoms with Crippen molar-refractivity contribution in [3.8, 4) is 33.6 Å². The molecule has 2 aliphatic carbocycles. The van der Waals surface area contributed by atoms with Crippen molar-refractivity contribution in [2.45, 2.75) is 25.7 Å². The molecular weight excluding hydrogens is 629 g/mol. The van der Waals surface area contributed by atoms with Crippen LogP contribution in [0.5, 0.6) is 0 Å². The van der Waals surface area contributed by atoms with Gasteiger partial charge in [-0.05, 0) is 137 Å². The van der Waals surface area contributed by atoms with Gasteiger partial charge in [0.2, 0.25) is 0 Å². The van der Waals surface area contributed by atoms with Gasteiger partial charge >= 0.3 is 0 Å². The molecule has 2 heteroatoms. The monoisotopic (exact) mass is 664 g/mol. The van der Waals surface area contributed by atoms with Crippen LogP contribution in [0.4, 0.5) is 0 Å². The van der Waals surface area contributed by atoms with Crippen molar-refractivity contribution in [1.29, 1.82) is 0 Å². The van der Waals surface area contributed by atoms with Crippen molar-refractivity contribution in [2.75, 3.05) is 0 Å². The first kappa shape index (κ1) is 29.4. The minimum Gasteiger partial charge on any atom is -0.313 e. The highest BCUT2D eigenvalue weighted by atomic mass is 15.0. The standard InChI is InChI=1S/C50H36N2/c1-5-13-33(14-6-1)35-23-25-47-43(27-35)45-29-37-21-22-38-30-46-44-28-36(34-15-7-2-8-16-34)24-26-48(44)52(40-19-11-4-12-20-40)50(46)32-42(38)41(37)31-49(45)51(47)39-17-9-3-10-18-39/h1-20,23,25,27-32H,21-22,24,26H2. The molecule has 2 aromatic heterocycles. The maximum atomic E-state index is 2.54. The molecule has 2 heterocycles. The molecule has 0 spiro atoms. The summed E-state index contributed by atoms with van der Waals surface area (Å²) in [6, 6.07) is 60.5. The van der Waals surface area contributed by atoms with Gasteiger partial charge in [-0.25, -0.2) is 0 Å². The van der Waals surface area contributed by atoms with Crippen LogP contribution in [-0.4, -0.2) is 9.13 Å². The molecule has 2 nitrogen and oxygen atoms in total. The fourth-order valence-corrected chi connectivity index (χ4v) is 9.07. The molecule has 2 aliphatic rings. The van der Waals surface area contributed by atoms with Crippen molar-refractivity contribution in [3.05, 3.63) is 192 Å². The zero-order valence-electron chi connectivity index (χ0n) is 28.9. The summed E-state index contributed by atoms with van der Waals surface area (Å²) < 4.78 is 5.01. The van der Waals surface area contributed by atoms with E-state index in [9.17, 15) is 0 Å². The molecule has 0 atom stereocenters. The van der Waals surface area contributed by atoms with Crippen LogP contribution in [0.2, 0.25) is 0 Å². The van der Waals surface area contributed by atoms with Crippen LogP contribution in [-0.2, 0) is 19.3 Å². The second-order valence-corrected chi connectivity index (χ2v) is 14.4. The van der Waals surface area contributed by atoms with Gasteiger partial charge in [0, 0.05) is 38.8 Å². The second-order valence-electron chi connectivity index (χ2n) is 14.4. The molecule has 0 saturated carbocycles. The van der Waals surface area contributed by atoms with Crippen molar-refractivity contribution < 1.29 is 0 Å². The van der Waals surface area contributed by atoms with E-state index in [0.29, 0.717) is 0 Å². The highest BCUT2D eigenvalue weighted by Crippen LogP contribution is 2.45. The molecule has 0 fully saturated rings. The van der Waals surface area contributed by atoms with E-state index in [0.717, 1.165) is 25.7 Å². The summed E-state index contributed by atoms with van der Waals surface area (Å²) in [5.41, 5.74) is 19.9. The molecule has 7 aromatic carbocycles. The minimum absolute atomic E-state index is 1.02. The summed E-state index contributed by atoms with van der Waals surface area (Å²) in [7, 11) is 0. The summed E-state index contributed by atoms with van der Waals surface area (Å²) in [6.07, 6.45) is 6.61. The first-order chi connectivity index (χ1) is 25.8. The van der Waals surface area contributed by atoms with Gasteiger partial charge in [0.05, 0.1) is 16.6 Å². The lowest BCUT2D eigenvalue weighted by Crippen LogP contribution is -2.06. The molecule has 0 aliphatic heterocycles. The Morgan fingerprint density at radius 3 is 1.56 bits per heavy atom. The molecule has 0 radical (unpaired) electrons. The average Bonchev–Trinajstić information content (AvgIpc) is 3.71. The summed E-state index contributed by atoms with van der Waals surface area (Å²) in [5.74, 6) is 0. The molecule has 246 valence electrons. The van der Waals surface area contributed by atoms with Gasteiger partial charge < -0.3 is 9.13 Å². The minimum atomic E-state index is 1.02. The number of hydrogen-bond donors (Lipinski definition) is 0. The highest BCUT2D eigenvalue weighted by molar-refractivity contribution is 6.12. The first-order valence-electron chi connectivity index (χ1n) is 18.5. The lowest BCUT2D eigenvalue weighted by Gasteiger charge is -2.22. The zero-order valence-corrected chi connectivity index (χ0v) is 28.9. The Hall–Kier alpha value is -6.38. The molecule has 9 aromatic rings. The molecule has 0 saturated heterocycles. The lowest BCUT2D eigenvalue weighted by atomic mass is 9.83. The maximum absolute atomic E-state index is 2.54. The van der Waals surface area contributed by atoms with Crippen LogP contribution in [0.1, 0.15) is 34.4 Å². The quantitative estimate of drug-likeness (QED) is 0.177. The number of benzene rings is 7. The summed E-state index contributed by atoms with van der Waals surface area (Å²) >= 11 is 0. The van der Waals surface area contributed by atoms with E-state index in [2.05, 4.69) is 179 Å². The smallest absolute Gasteiger partial charge is 0.0547 e. The third-order valence-electron chi connectivity index (χ3n) is 11.5. The number of para-hydroxylation sites is 2. The molecule has 0 amide bonds.